The Morgan fingerprint density at radius 2 is 2.25 bits per heavy atom. The molecule has 0 atom stereocenters. The van der Waals surface area contributed by atoms with Crippen molar-refractivity contribution in [2.75, 3.05) is 6.54 Å². The molecule has 2 amide bonds. The maximum Gasteiger partial charge on any atom is 0.252 e. The smallest absolute Gasteiger partial charge is 0.252 e. The van der Waals surface area contributed by atoms with Crippen LogP contribution in [0.2, 0.25) is 0 Å². The zero-order valence-electron chi connectivity index (χ0n) is 7.25. The van der Waals surface area contributed by atoms with Crippen molar-refractivity contribution < 1.29 is 9.59 Å². The van der Waals surface area contributed by atoms with E-state index in [0.717, 1.165) is 12.8 Å². The number of rotatable bonds is 1. The summed E-state index contributed by atoms with van der Waals surface area (Å²) in [5, 5.41) is 0. The molecular weight excluding hydrogens is 154 g/mol. The van der Waals surface area contributed by atoms with Crippen LogP contribution in [0.25, 0.3) is 0 Å². The number of amides is 2. The largest absolute Gasteiger partial charge is 0.279 e. The van der Waals surface area contributed by atoms with Gasteiger partial charge in [-0.3, -0.25) is 14.5 Å². The molecule has 1 aliphatic heterocycles. The molecule has 1 aliphatic rings. The molecule has 0 bridgehead atoms. The van der Waals surface area contributed by atoms with Crippen LogP contribution in [0.1, 0.15) is 26.2 Å². The van der Waals surface area contributed by atoms with Crippen LogP contribution in [-0.2, 0) is 9.59 Å². The van der Waals surface area contributed by atoms with Crippen LogP contribution in [-0.4, -0.2) is 23.3 Å². The van der Waals surface area contributed by atoms with E-state index in [9.17, 15) is 9.59 Å². The van der Waals surface area contributed by atoms with Crippen LogP contribution in [0.4, 0.5) is 0 Å². The minimum Gasteiger partial charge on any atom is -0.279 e. The highest BCUT2D eigenvalue weighted by Gasteiger charge is 2.21. The third-order valence-corrected chi connectivity index (χ3v) is 1.90. The van der Waals surface area contributed by atoms with Crippen LogP contribution in [0, 0.1) is 0 Å². The van der Waals surface area contributed by atoms with Gasteiger partial charge in [-0.05, 0) is 25.8 Å². The lowest BCUT2D eigenvalue weighted by Gasteiger charge is -2.23. The molecule has 1 heterocycles. The van der Waals surface area contributed by atoms with Crippen LogP contribution >= 0.6 is 0 Å². The monoisotopic (exact) mass is 167 g/mol. The first-order valence-electron chi connectivity index (χ1n) is 4.22. The lowest BCUT2D eigenvalue weighted by Crippen LogP contribution is -2.39. The molecule has 1 saturated heterocycles. The van der Waals surface area contributed by atoms with E-state index in [0.29, 0.717) is 13.0 Å². The van der Waals surface area contributed by atoms with Crippen molar-refractivity contribution in [2.45, 2.75) is 26.2 Å². The summed E-state index contributed by atoms with van der Waals surface area (Å²) in [5.41, 5.74) is 0. The second-order valence-corrected chi connectivity index (χ2v) is 2.84. The number of nitrogens with zero attached hydrogens (tertiary/aromatic N) is 1. The first-order chi connectivity index (χ1) is 5.75. The molecule has 66 valence electrons. The molecule has 0 aromatic heterocycles. The molecule has 0 aromatic carbocycles. The Morgan fingerprint density at radius 3 is 2.83 bits per heavy atom. The van der Waals surface area contributed by atoms with Gasteiger partial charge in [0, 0.05) is 13.0 Å². The number of carbonyl (C=O) groups excluding carboxylic acids is 2. The number of likely N-dealkylation sites (tertiary alicyclic amines) is 1. The van der Waals surface area contributed by atoms with Gasteiger partial charge >= 0.3 is 0 Å². The summed E-state index contributed by atoms with van der Waals surface area (Å²) < 4.78 is 0. The van der Waals surface area contributed by atoms with Gasteiger partial charge in [0.15, 0.2) is 0 Å². The Kier molecular flexibility index (Phi) is 3.02. The molecular formula is C9H13NO2. The molecule has 0 N–H and O–H groups in total. The van der Waals surface area contributed by atoms with Crippen LogP contribution in [0.3, 0.4) is 0 Å². The lowest BCUT2D eigenvalue weighted by atomic mass is 10.1. The van der Waals surface area contributed by atoms with Crippen molar-refractivity contribution >= 4 is 11.8 Å². The summed E-state index contributed by atoms with van der Waals surface area (Å²) >= 11 is 0. The van der Waals surface area contributed by atoms with Crippen molar-refractivity contribution in [1.29, 1.82) is 0 Å². The fourth-order valence-electron chi connectivity index (χ4n) is 1.27. The fraction of sp³-hybridized carbons (Fsp3) is 0.556. The second-order valence-electron chi connectivity index (χ2n) is 2.84. The number of hydrogen-bond acceptors (Lipinski definition) is 2. The van der Waals surface area contributed by atoms with E-state index in [4.69, 9.17) is 0 Å². The van der Waals surface area contributed by atoms with E-state index >= 15 is 0 Å². The minimum absolute atomic E-state index is 0.0376. The third-order valence-electron chi connectivity index (χ3n) is 1.90. The predicted octanol–water partition coefficient (Wildman–Crippen LogP) is 1.10. The van der Waals surface area contributed by atoms with Crippen LogP contribution < -0.4 is 0 Å². The Bertz CT molecular complexity index is 221. The summed E-state index contributed by atoms with van der Waals surface area (Å²) in [5.74, 6) is -0.216. The normalized spacial score (nSPS) is 18.8. The molecule has 0 radical (unpaired) electrons. The number of carbonyl (C=O) groups is 2. The zero-order chi connectivity index (χ0) is 8.97. The molecule has 3 nitrogen and oxygen atoms in total. The van der Waals surface area contributed by atoms with Gasteiger partial charge in [0.2, 0.25) is 5.91 Å². The SMILES string of the molecule is CC=CC(=O)N1CCCCC1=O. The quantitative estimate of drug-likeness (QED) is 0.548. The van der Waals surface area contributed by atoms with Crippen LogP contribution in [0.15, 0.2) is 12.2 Å². The van der Waals surface area contributed by atoms with Gasteiger partial charge < -0.3 is 0 Å². The summed E-state index contributed by atoms with van der Waals surface area (Å²) in [4.78, 5) is 23.7. The van der Waals surface area contributed by atoms with Crippen molar-refractivity contribution in [3.8, 4) is 0 Å². The average Bonchev–Trinajstić information content (AvgIpc) is 2.05. The number of allylic oxidation sites excluding steroid dienone is 1. The lowest BCUT2D eigenvalue weighted by molar-refractivity contribution is -0.143. The van der Waals surface area contributed by atoms with Crippen molar-refractivity contribution in [3.63, 3.8) is 0 Å². The summed E-state index contributed by atoms with van der Waals surface area (Å²) in [6, 6.07) is 0. The van der Waals surface area contributed by atoms with Gasteiger partial charge in [-0.15, -0.1) is 0 Å². The molecule has 12 heavy (non-hydrogen) atoms. The summed E-state index contributed by atoms with van der Waals surface area (Å²) in [6.45, 7) is 2.36. The van der Waals surface area contributed by atoms with Gasteiger partial charge in [-0.1, -0.05) is 6.08 Å². The van der Waals surface area contributed by atoms with Crippen LogP contribution in [0.5, 0.6) is 0 Å². The first kappa shape index (κ1) is 8.97. The van der Waals surface area contributed by atoms with Gasteiger partial charge in [0.05, 0.1) is 0 Å². The van der Waals surface area contributed by atoms with E-state index in [1.165, 1.54) is 11.0 Å². The number of piperidine rings is 1. The molecule has 0 saturated carbocycles. The molecule has 3 heteroatoms. The van der Waals surface area contributed by atoms with Gasteiger partial charge in [-0.25, -0.2) is 0 Å². The van der Waals surface area contributed by atoms with E-state index in [1.807, 2.05) is 0 Å². The summed E-state index contributed by atoms with van der Waals surface area (Å²) in [7, 11) is 0. The highest BCUT2D eigenvalue weighted by atomic mass is 16.2. The Morgan fingerprint density at radius 1 is 1.50 bits per heavy atom. The second kappa shape index (κ2) is 4.04. The maximum atomic E-state index is 11.2. The van der Waals surface area contributed by atoms with Gasteiger partial charge in [-0.2, -0.15) is 0 Å². The first-order valence-corrected chi connectivity index (χ1v) is 4.22. The fourth-order valence-corrected chi connectivity index (χ4v) is 1.27. The topological polar surface area (TPSA) is 37.4 Å². The minimum atomic E-state index is -0.179. The third kappa shape index (κ3) is 1.94. The van der Waals surface area contributed by atoms with E-state index in [1.54, 1.807) is 13.0 Å². The van der Waals surface area contributed by atoms with E-state index in [-0.39, 0.29) is 11.8 Å². The average molecular weight is 167 g/mol. The molecule has 0 spiro atoms. The predicted molar refractivity (Wildman–Crippen MR) is 45.4 cm³/mol. The molecule has 0 aromatic rings. The molecule has 0 unspecified atom stereocenters. The maximum absolute atomic E-state index is 11.2. The highest BCUT2D eigenvalue weighted by Crippen LogP contribution is 2.10. The molecule has 1 fully saturated rings. The zero-order valence-corrected chi connectivity index (χ0v) is 7.25. The Balaban J connectivity index is 2.59. The van der Waals surface area contributed by atoms with E-state index in [2.05, 4.69) is 0 Å². The Hall–Kier alpha value is -1.12. The number of hydrogen-bond donors (Lipinski definition) is 0. The van der Waals surface area contributed by atoms with Gasteiger partial charge in [0.1, 0.15) is 0 Å². The number of imide groups is 1. The standard InChI is InChI=1S/C9H13NO2/c1-2-5-8(11)10-7-4-3-6-9(10)12/h2,5H,3-4,6-7H2,1H3. The molecule has 1 rings (SSSR count). The molecule has 0 aliphatic carbocycles. The summed E-state index contributed by atoms with van der Waals surface area (Å²) in [6.07, 6.45) is 5.46. The van der Waals surface area contributed by atoms with E-state index < -0.39 is 0 Å². The highest BCUT2D eigenvalue weighted by molar-refractivity contribution is 6.01. The Labute approximate surface area is 72.0 Å². The van der Waals surface area contributed by atoms with Crippen molar-refractivity contribution in [1.82, 2.24) is 4.90 Å². The van der Waals surface area contributed by atoms with Crippen molar-refractivity contribution in [3.05, 3.63) is 12.2 Å². The van der Waals surface area contributed by atoms with Gasteiger partial charge in [0.25, 0.3) is 5.91 Å². The van der Waals surface area contributed by atoms with Crippen molar-refractivity contribution in [2.24, 2.45) is 0 Å².